The number of hydrogen-bond donors (Lipinski definition) is 1. The van der Waals surface area contributed by atoms with Crippen LogP contribution in [-0.2, 0) is 4.79 Å². The van der Waals surface area contributed by atoms with Gasteiger partial charge in [0, 0.05) is 6.04 Å². The number of carboxylic acids is 1. The topological polar surface area (TPSA) is 43.8 Å². The first-order valence-corrected chi connectivity index (χ1v) is 5.20. The van der Waals surface area contributed by atoms with Gasteiger partial charge in [0.15, 0.2) is 0 Å². The Hall–Kier alpha value is -0.610. The smallest absolute Gasteiger partial charge is 0.317 e. The molecular weight excluding hydrogens is 180 g/mol. The molecule has 0 aromatic rings. The summed E-state index contributed by atoms with van der Waals surface area (Å²) in [5.41, 5.74) is 0. The number of nitrogens with zero attached hydrogens (tertiary/aromatic N) is 2. The molecule has 14 heavy (non-hydrogen) atoms. The highest BCUT2D eigenvalue weighted by molar-refractivity contribution is 5.69. The summed E-state index contributed by atoms with van der Waals surface area (Å²) in [7, 11) is 4.03. The molecule has 1 N–H and O–H groups in total. The first-order chi connectivity index (χ1) is 6.59. The summed E-state index contributed by atoms with van der Waals surface area (Å²) in [6.07, 6.45) is 3.37. The number of likely N-dealkylation sites (tertiary alicyclic amines) is 1. The first kappa shape index (κ1) is 11.5. The molecule has 1 unspecified atom stereocenters. The molecule has 0 radical (unpaired) electrons. The van der Waals surface area contributed by atoms with E-state index >= 15 is 0 Å². The van der Waals surface area contributed by atoms with Crippen molar-refractivity contribution in [2.75, 3.05) is 33.7 Å². The van der Waals surface area contributed by atoms with E-state index < -0.39 is 5.97 Å². The molecule has 0 spiro atoms. The van der Waals surface area contributed by atoms with Gasteiger partial charge in [-0.3, -0.25) is 9.69 Å². The van der Waals surface area contributed by atoms with Gasteiger partial charge in [-0.05, 0) is 46.4 Å². The van der Waals surface area contributed by atoms with Crippen molar-refractivity contribution in [3.8, 4) is 0 Å². The molecule has 1 fully saturated rings. The number of aliphatic carboxylic acids is 1. The van der Waals surface area contributed by atoms with Gasteiger partial charge in [0.05, 0.1) is 6.54 Å². The van der Waals surface area contributed by atoms with Gasteiger partial charge in [-0.1, -0.05) is 0 Å². The second kappa shape index (κ2) is 5.32. The molecule has 0 amide bonds. The Morgan fingerprint density at radius 2 is 2.21 bits per heavy atom. The summed E-state index contributed by atoms with van der Waals surface area (Å²) in [6, 6.07) is 0.441. The largest absolute Gasteiger partial charge is 0.480 e. The molecular formula is C10H20N2O2. The Morgan fingerprint density at radius 3 is 2.86 bits per heavy atom. The fourth-order valence-electron chi connectivity index (χ4n) is 2.01. The highest BCUT2D eigenvalue weighted by atomic mass is 16.4. The van der Waals surface area contributed by atoms with E-state index in [0.717, 1.165) is 25.9 Å². The van der Waals surface area contributed by atoms with Crippen LogP contribution < -0.4 is 0 Å². The molecule has 4 heteroatoms. The number of carboxylic acid groups (broad SMARTS) is 1. The molecule has 4 nitrogen and oxygen atoms in total. The van der Waals surface area contributed by atoms with Crippen LogP contribution in [0, 0.1) is 0 Å². The molecule has 1 atom stereocenters. The van der Waals surface area contributed by atoms with Crippen LogP contribution in [0.15, 0.2) is 0 Å². The van der Waals surface area contributed by atoms with Gasteiger partial charge in [-0.25, -0.2) is 0 Å². The molecule has 0 aliphatic carbocycles. The SMILES string of the molecule is CN1CCCC(N(C)CC(=O)O)CC1. The lowest BCUT2D eigenvalue weighted by atomic mass is 10.1. The van der Waals surface area contributed by atoms with Crippen molar-refractivity contribution in [1.29, 1.82) is 0 Å². The first-order valence-electron chi connectivity index (χ1n) is 5.20. The average molecular weight is 200 g/mol. The van der Waals surface area contributed by atoms with Gasteiger partial charge in [-0.15, -0.1) is 0 Å². The summed E-state index contributed by atoms with van der Waals surface area (Å²) in [6.45, 7) is 2.38. The van der Waals surface area contributed by atoms with Crippen LogP contribution in [0.3, 0.4) is 0 Å². The zero-order chi connectivity index (χ0) is 10.6. The third kappa shape index (κ3) is 3.64. The van der Waals surface area contributed by atoms with E-state index in [1.165, 1.54) is 6.42 Å². The fraction of sp³-hybridized carbons (Fsp3) is 0.900. The van der Waals surface area contributed by atoms with Gasteiger partial charge in [0.2, 0.25) is 0 Å². The van der Waals surface area contributed by atoms with E-state index in [-0.39, 0.29) is 6.54 Å². The molecule has 0 bridgehead atoms. The van der Waals surface area contributed by atoms with Crippen molar-refractivity contribution in [2.24, 2.45) is 0 Å². The predicted molar refractivity (Wildman–Crippen MR) is 55.4 cm³/mol. The van der Waals surface area contributed by atoms with Crippen LogP contribution in [0.1, 0.15) is 19.3 Å². The van der Waals surface area contributed by atoms with E-state index in [1.807, 2.05) is 11.9 Å². The summed E-state index contributed by atoms with van der Waals surface area (Å²) in [5.74, 6) is -0.731. The Morgan fingerprint density at radius 1 is 1.50 bits per heavy atom. The normalized spacial score (nSPS) is 24.9. The number of rotatable bonds is 3. The van der Waals surface area contributed by atoms with Gasteiger partial charge in [0.1, 0.15) is 0 Å². The van der Waals surface area contributed by atoms with E-state index in [4.69, 9.17) is 5.11 Å². The minimum atomic E-state index is -0.731. The lowest BCUT2D eigenvalue weighted by Crippen LogP contribution is -2.36. The number of hydrogen-bond acceptors (Lipinski definition) is 3. The zero-order valence-electron chi connectivity index (χ0n) is 9.07. The maximum Gasteiger partial charge on any atom is 0.317 e. The molecule has 1 aliphatic rings. The van der Waals surface area contributed by atoms with Crippen LogP contribution in [0.2, 0.25) is 0 Å². The quantitative estimate of drug-likeness (QED) is 0.720. The van der Waals surface area contributed by atoms with Crippen molar-refractivity contribution in [2.45, 2.75) is 25.3 Å². The van der Waals surface area contributed by atoms with Gasteiger partial charge >= 0.3 is 5.97 Å². The Bertz CT molecular complexity index is 197. The lowest BCUT2D eigenvalue weighted by Gasteiger charge is -2.25. The van der Waals surface area contributed by atoms with Crippen molar-refractivity contribution < 1.29 is 9.90 Å². The van der Waals surface area contributed by atoms with Gasteiger partial charge in [0.25, 0.3) is 0 Å². The summed E-state index contributed by atoms with van der Waals surface area (Å²) in [4.78, 5) is 14.8. The summed E-state index contributed by atoms with van der Waals surface area (Å²) < 4.78 is 0. The Labute approximate surface area is 85.5 Å². The van der Waals surface area contributed by atoms with Crippen LogP contribution in [-0.4, -0.2) is 60.6 Å². The molecule has 0 aromatic heterocycles. The third-order valence-electron chi connectivity index (χ3n) is 2.93. The molecule has 1 saturated heterocycles. The summed E-state index contributed by atoms with van der Waals surface area (Å²) in [5, 5.41) is 8.68. The van der Waals surface area contributed by atoms with Gasteiger partial charge < -0.3 is 10.0 Å². The van der Waals surface area contributed by atoms with Crippen molar-refractivity contribution >= 4 is 5.97 Å². The van der Waals surface area contributed by atoms with Crippen molar-refractivity contribution in [3.63, 3.8) is 0 Å². The number of carbonyl (C=O) groups is 1. The van der Waals surface area contributed by atoms with Crippen LogP contribution in [0.25, 0.3) is 0 Å². The van der Waals surface area contributed by atoms with Crippen LogP contribution in [0.4, 0.5) is 0 Å². The van der Waals surface area contributed by atoms with E-state index in [1.54, 1.807) is 0 Å². The second-order valence-corrected chi connectivity index (χ2v) is 4.20. The molecule has 0 aromatic carbocycles. The van der Waals surface area contributed by atoms with Gasteiger partial charge in [-0.2, -0.15) is 0 Å². The van der Waals surface area contributed by atoms with Crippen molar-refractivity contribution in [1.82, 2.24) is 9.80 Å². The number of likely N-dealkylation sites (N-methyl/N-ethyl adjacent to an activating group) is 1. The highest BCUT2D eigenvalue weighted by Gasteiger charge is 2.19. The Balaban J connectivity index is 2.38. The standard InChI is InChI=1S/C10H20N2O2/c1-11-6-3-4-9(5-7-11)12(2)8-10(13)14/h9H,3-8H2,1-2H3,(H,13,14). The third-order valence-corrected chi connectivity index (χ3v) is 2.93. The summed E-state index contributed by atoms with van der Waals surface area (Å²) >= 11 is 0. The second-order valence-electron chi connectivity index (χ2n) is 4.20. The Kier molecular flexibility index (Phi) is 4.35. The predicted octanol–water partition coefficient (Wildman–Crippen LogP) is 0.487. The van der Waals surface area contributed by atoms with Crippen LogP contribution in [0.5, 0.6) is 0 Å². The molecule has 1 heterocycles. The molecule has 1 rings (SSSR count). The monoisotopic (exact) mass is 200 g/mol. The van der Waals surface area contributed by atoms with Crippen molar-refractivity contribution in [3.05, 3.63) is 0 Å². The molecule has 82 valence electrons. The highest BCUT2D eigenvalue weighted by Crippen LogP contribution is 2.14. The maximum absolute atomic E-state index is 10.6. The fourth-order valence-corrected chi connectivity index (χ4v) is 2.01. The van der Waals surface area contributed by atoms with Crippen LogP contribution >= 0.6 is 0 Å². The molecule has 0 saturated carbocycles. The lowest BCUT2D eigenvalue weighted by molar-refractivity contribution is -0.138. The van der Waals surface area contributed by atoms with E-state index in [9.17, 15) is 4.79 Å². The van der Waals surface area contributed by atoms with E-state index in [0.29, 0.717) is 6.04 Å². The average Bonchev–Trinajstić information content (AvgIpc) is 2.28. The maximum atomic E-state index is 10.6. The molecule has 1 aliphatic heterocycles. The zero-order valence-corrected chi connectivity index (χ0v) is 9.07. The van der Waals surface area contributed by atoms with E-state index in [2.05, 4.69) is 11.9 Å². The minimum Gasteiger partial charge on any atom is -0.480 e. The minimum absolute atomic E-state index is 0.161.